The highest BCUT2D eigenvalue weighted by Crippen LogP contribution is 2.49. The van der Waals surface area contributed by atoms with Crippen molar-refractivity contribution in [1.29, 1.82) is 0 Å². The number of benzene rings is 2. The van der Waals surface area contributed by atoms with Crippen LogP contribution in [0.4, 0.5) is 0 Å². The van der Waals surface area contributed by atoms with Gasteiger partial charge in [-0.15, -0.1) is 0 Å². The summed E-state index contributed by atoms with van der Waals surface area (Å²) in [5.41, 5.74) is 5.10. The lowest BCUT2D eigenvalue weighted by molar-refractivity contribution is 0.190. The van der Waals surface area contributed by atoms with Gasteiger partial charge in [0.05, 0.1) is 13.2 Å². The molecule has 0 bridgehead atoms. The van der Waals surface area contributed by atoms with E-state index in [1.54, 1.807) is 0 Å². The smallest absolute Gasteiger partial charge is 0.183 e. The Hall–Kier alpha value is -2.13. The summed E-state index contributed by atoms with van der Waals surface area (Å²) >= 11 is 0. The van der Waals surface area contributed by atoms with Crippen molar-refractivity contribution in [1.82, 2.24) is 0 Å². The SMILES string of the molecule is CC(C1C=C(OCCO[Si](C)(C)C)c2ccccc21)C1C=C(OCCO[Si](C)(C)C)c2ccccc21. The Morgan fingerprint density at radius 3 is 1.39 bits per heavy atom. The monoisotopic (exact) mass is 522 g/mol. The van der Waals surface area contributed by atoms with Crippen molar-refractivity contribution in [2.45, 2.75) is 58.0 Å². The minimum Gasteiger partial charge on any atom is -0.491 e. The average Bonchev–Trinajstić information content (AvgIpc) is 3.37. The Morgan fingerprint density at radius 1 is 0.611 bits per heavy atom. The van der Waals surface area contributed by atoms with Crippen LogP contribution in [0.3, 0.4) is 0 Å². The molecule has 0 N–H and O–H groups in total. The highest BCUT2D eigenvalue weighted by Gasteiger charge is 2.36. The molecule has 6 heteroatoms. The fraction of sp³-hybridized carbons (Fsp3) is 0.467. The van der Waals surface area contributed by atoms with Gasteiger partial charge in [-0.05, 0) is 68.5 Å². The van der Waals surface area contributed by atoms with E-state index in [-0.39, 0.29) is 11.8 Å². The Labute approximate surface area is 219 Å². The summed E-state index contributed by atoms with van der Waals surface area (Å²) in [6, 6.07) is 17.3. The molecule has 2 unspecified atom stereocenters. The van der Waals surface area contributed by atoms with Gasteiger partial charge < -0.3 is 18.3 Å². The van der Waals surface area contributed by atoms with Gasteiger partial charge in [0, 0.05) is 23.0 Å². The fourth-order valence-corrected chi connectivity index (χ4v) is 6.44. The van der Waals surface area contributed by atoms with Gasteiger partial charge in [-0.25, -0.2) is 0 Å². The zero-order valence-corrected chi connectivity index (χ0v) is 25.0. The van der Waals surface area contributed by atoms with E-state index in [9.17, 15) is 0 Å². The van der Waals surface area contributed by atoms with Crippen LogP contribution in [-0.4, -0.2) is 43.1 Å². The number of allylic oxidation sites excluding steroid dienone is 2. The van der Waals surface area contributed by atoms with Crippen LogP contribution in [0, 0.1) is 5.92 Å². The minimum absolute atomic E-state index is 0.276. The van der Waals surface area contributed by atoms with E-state index in [2.05, 4.69) is 107 Å². The van der Waals surface area contributed by atoms with Crippen LogP contribution in [-0.2, 0) is 18.3 Å². The Morgan fingerprint density at radius 2 is 1.00 bits per heavy atom. The maximum absolute atomic E-state index is 6.26. The maximum Gasteiger partial charge on any atom is 0.183 e. The number of rotatable bonds is 12. The molecule has 0 amide bonds. The lowest BCUT2D eigenvalue weighted by atomic mass is 9.78. The molecule has 0 fully saturated rings. The molecule has 0 saturated heterocycles. The summed E-state index contributed by atoms with van der Waals surface area (Å²) in [7, 11) is -3.08. The van der Waals surface area contributed by atoms with E-state index >= 15 is 0 Å². The van der Waals surface area contributed by atoms with Gasteiger partial charge >= 0.3 is 0 Å². The molecule has 36 heavy (non-hydrogen) atoms. The van der Waals surface area contributed by atoms with Gasteiger partial charge in [0.15, 0.2) is 16.6 Å². The van der Waals surface area contributed by atoms with Gasteiger partial charge in [-0.2, -0.15) is 0 Å². The van der Waals surface area contributed by atoms with E-state index in [0.29, 0.717) is 32.3 Å². The maximum atomic E-state index is 6.26. The first kappa shape index (κ1) is 26.9. The van der Waals surface area contributed by atoms with Crippen LogP contribution in [0.1, 0.15) is 41.0 Å². The first-order valence-corrected chi connectivity index (χ1v) is 20.0. The topological polar surface area (TPSA) is 36.9 Å². The van der Waals surface area contributed by atoms with Crippen LogP contribution in [0.15, 0.2) is 60.7 Å². The van der Waals surface area contributed by atoms with Gasteiger partial charge in [0.25, 0.3) is 0 Å². The molecular weight excluding hydrogens is 480 g/mol. The van der Waals surface area contributed by atoms with Crippen molar-refractivity contribution in [2.24, 2.45) is 5.92 Å². The summed E-state index contributed by atoms with van der Waals surface area (Å²) in [5, 5.41) is 0. The molecule has 2 aliphatic carbocycles. The van der Waals surface area contributed by atoms with Crippen LogP contribution in [0.5, 0.6) is 0 Å². The van der Waals surface area contributed by atoms with Crippen molar-refractivity contribution in [3.63, 3.8) is 0 Å². The van der Waals surface area contributed by atoms with Crippen molar-refractivity contribution < 1.29 is 18.3 Å². The second-order valence-electron chi connectivity index (χ2n) is 11.8. The summed E-state index contributed by atoms with van der Waals surface area (Å²) < 4.78 is 24.5. The molecule has 0 saturated carbocycles. The van der Waals surface area contributed by atoms with Gasteiger partial charge in [0.1, 0.15) is 24.7 Å². The first-order valence-electron chi connectivity index (χ1n) is 13.2. The second-order valence-corrected chi connectivity index (χ2v) is 20.8. The second kappa shape index (κ2) is 11.1. The van der Waals surface area contributed by atoms with Crippen LogP contribution < -0.4 is 0 Å². The molecule has 4 rings (SSSR count). The Balaban J connectivity index is 1.50. The highest BCUT2D eigenvalue weighted by molar-refractivity contribution is 6.70. The van der Waals surface area contributed by atoms with Crippen molar-refractivity contribution in [3.8, 4) is 0 Å². The summed E-state index contributed by atoms with van der Waals surface area (Å²) in [4.78, 5) is 0. The lowest BCUT2D eigenvalue weighted by Gasteiger charge is -2.25. The normalized spacial score (nSPS) is 19.9. The van der Waals surface area contributed by atoms with Crippen molar-refractivity contribution in [3.05, 3.63) is 82.9 Å². The predicted molar refractivity (Wildman–Crippen MR) is 154 cm³/mol. The molecule has 0 aliphatic heterocycles. The van der Waals surface area contributed by atoms with Gasteiger partial charge in [0.2, 0.25) is 0 Å². The van der Waals surface area contributed by atoms with Crippen LogP contribution in [0.25, 0.3) is 11.5 Å². The van der Waals surface area contributed by atoms with E-state index in [1.807, 2.05) is 0 Å². The molecule has 2 aromatic carbocycles. The molecular formula is C30H42O4Si2. The van der Waals surface area contributed by atoms with Crippen molar-refractivity contribution >= 4 is 28.2 Å². The summed E-state index contributed by atoms with van der Waals surface area (Å²) in [5.74, 6) is 2.87. The molecule has 2 aliphatic rings. The third-order valence-electron chi connectivity index (χ3n) is 6.72. The van der Waals surface area contributed by atoms with Gasteiger partial charge in [-0.3, -0.25) is 0 Å². The number of ether oxygens (including phenoxy) is 2. The summed E-state index contributed by atoms with van der Waals surface area (Å²) in [6.07, 6.45) is 4.64. The fourth-order valence-electron chi connectivity index (χ4n) is 5.05. The van der Waals surface area contributed by atoms with E-state index in [1.165, 1.54) is 22.3 Å². The average molecular weight is 523 g/mol. The quantitative estimate of drug-likeness (QED) is 0.212. The molecule has 194 valence electrons. The van der Waals surface area contributed by atoms with Crippen molar-refractivity contribution in [2.75, 3.05) is 26.4 Å². The van der Waals surface area contributed by atoms with Gasteiger partial charge in [-0.1, -0.05) is 55.5 Å². The molecule has 0 aromatic heterocycles. The van der Waals surface area contributed by atoms with E-state index < -0.39 is 16.6 Å². The largest absolute Gasteiger partial charge is 0.491 e. The van der Waals surface area contributed by atoms with E-state index in [0.717, 1.165) is 11.5 Å². The number of fused-ring (bicyclic) bond motifs is 2. The molecule has 4 nitrogen and oxygen atoms in total. The third-order valence-corrected chi connectivity index (χ3v) is 8.86. The Bertz CT molecular complexity index is 1020. The minimum atomic E-state index is -1.54. The van der Waals surface area contributed by atoms with E-state index in [4.69, 9.17) is 18.3 Å². The zero-order valence-electron chi connectivity index (χ0n) is 23.0. The number of hydrogen-bond acceptors (Lipinski definition) is 4. The molecule has 2 atom stereocenters. The molecule has 2 aromatic rings. The molecule has 0 spiro atoms. The highest BCUT2D eigenvalue weighted by atomic mass is 28.4. The first-order chi connectivity index (χ1) is 17.0. The Kier molecular flexibility index (Phi) is 8.29. The standard InChI is InChI=1S/C30H42O4Si2/c1-22(27-20-29(25-14-10-8-12-23(25)27)31-16-18-33-35(2,3)4)28-21-30(26-15-11-9-13-24(26)28)32-17-19-34-36(5,6)7/h8-15,20-22,27-28H,16-19H2,1-7H3. The van der Waals surface area contributed by atoms with Crippen LogP contribution >= 0.6 is 0 Å². The third kappa shape index (κ3) is 6.59. The van der Waals surface area contributed by atoms with Crippen LogP contribution in [0.2, 0.25) is 39.3 Å². The zero-order chi connectivity index (χ0) is 25.9. The lowest BCUT2D eigenvalue weighted by Crippen LogP contribution is -2.27. The number of hydrogen-bond donors (Lipinski definition) is 0. The molecule has 0 heterocycles. The predicted octanol–water partition coefficient (Wildman–Crippen LogP) is 7.64. The summed E-state index contributed by atoms with van der Waals surface area (Å²) in [6.45, 7) is 18.0. The molecule has 0 radical (unpaired) electrons.